The summed E-state index contributed by atoms with van der Waals surface area (Å²) in [5, 5.41) is 10.5. The van der Waals surface area contributed by atoms with Gasteiger partial charge in [0.05, 0.1) is 10.8 Å². The summed E-state index contributed by atoms with van der Waals surface area (Å²) in [7, 11) is -1.45. The van der Waals surface area contributed by atoms with Gasteiger partial charge in [0.15, 0.2) is 0 Å². The highest BCUT2D eigenvalue weighted by atomic mass is 32.2. The third-order valence-electron chi connectivity index (χ3n) is 1.34. The standard InChI is InChI=1S/C8H8O3S2/c1-13(11)7(8(9)10)5-6-3-2-4-12-6/h2-5H,1H3,(H,9,10)/b7-5+. The number of carbonyl (C=O) groups is 1. The zero-order valence-corrected chi connectivity index (χ0v) is 8.52. The Balaban J connectivity index is 3.01. The molecule has 0 aromatic carbocycles. The van der Waals surface area contributed by atoms with E-state index in [0.29, 0.717) is 0 Å². The first kappa shape index (κ1) is 10.1. The predicted octanol–water partition coefficient (Wildman–Crippen LogP) is 1.55. The fraction of sp³-hybridized carbons (Fsp3) is 0.125. The van der Waals surface area contributed by atoms with Crippen molar-refractivity contribution in [3.63, 3.8) is 0 Å². The van der Waals surface area contributed by atoms with Crippen LogP contribution < -0.4 is 0 Å². The Morgan fingerprint density at radius 2 is 2.38 bits per heavy atom. The van der Waals surface area contributed by atoms with Crippen LogP contribution in [0, 0.1) is 0 Å². The molecule has 0 radical (unpaired) electrons. The van der Waals surface area contributed by atoms with E-state index in [0.717, 1.165) is 4.88 Å². The molecule has 70 valence electrons. The molecule has 0 fully saturated rings. The molecule has 1 N–H and O–H groups in total. The highest BCUT2D eigenvalue weighted by molar-refractivity contribution is 7.89. The Hall–Kier alpha value is -0.940. The van der Waals surface area contributed by atoms with Crippen LogP contribution in [0.15, 0.2) is 22.4 Å². The largest absolute Gasteiger partial charge is 0.477 e. The SMILES string of the molecule is CS(=O)/C(=C/c1cccs1)C(=O)O. The molecule has 1 unspecified atom stereocenters. The van der Waals surface area contributed by atoms with Gasteiger partial charge in [0.2, 0.25) is 0 Å². The van der Waals surface area contributed by atoms with Crippen molar-refractivity contribution in [2.75, 3.05) is 6.26 Å². The van der Waals surface area contributed by atoms with Crippen LogP contribution in [0.25, 0.3) is 6.08 Å². The molecule has 0 aliphatic rings. The first-order chi connectivity index (χ1) is 6.11. The molecule has 1 atom stereocenters. The zero-order chi connectivity index (χ0) is 9.84. The van der Waals surface area contributed by atoms with Crippen LogP contribution in [0.4, 0.5) is 0 Å². The summed E-state index contributed by atoms with van der Waals surface area (Å²) >= 11 is 1.41. The molecule has 0 bridgehead atoms. The van der Waals surface area contributed by atoms with Gasteiger partial charge in [0.1, 0.15) is 4.91 Å². The van der Waals surface area contributed by atoms with E-state index >= 15 is 0 Å². The van der Waals surface area contributed by atoms with E-state index in [1.165, 1.54) is 23.7 Å². The van der Waals surface area contributed by atoms with E-state index in [9.17, 15) is 9.00 Å². The summed E-state index contributed by atoms with van der Waals surface area (Å²) in [5.74, 6) is -1.13. The van der Waals surface area contributed by atoms with Crippen molar-refractivity contribution in [1.82, 2.24) is 0 Å². The minimum Gasteiger partial charge on any atom is -0.477 e. The van der Waals surface area contributed by atoms with E-state index in [1.54, 1.807) is 6.07 Å². The van der Waals surface area contributed by atoms with Gasteiger partial charge in [0.25, 0.3) is 0 Å². The lowest BCUT2D eigenvalue weighted by Gasteiger charge is -1.94. The van der Waals surface area contributed by atoms with Crippen molar-refractivity contribution in [3.8, 4) is 0 Å². The van der Waals surface area contributed by atoms with Crippen molar-refractivity contribution in [2.45, 2.75) is 0 Å². The van der Waals surface area contributed by atoms with Gasteiger partial charge in [-0.15, -0.1) is 11.3 Å². The zero-order valence-electron chi connectivity index (χ0n) is 6.89. The van der Waals surface area contributed by atoms with Crippen molar-refractivity contribution >= 4 is 34.2 Å². The molecule has 0 spiro atoms. The maximum atomic E-state index is 11.0. The Labute approximate surface area is 82.2 Å². The van der Waals surface area contributed by atoms with Crippen molar-refractivity contribution in [3.05, 3.63) is 27.3 Å². The van der Waals surface area contributed by atoms with Crippen LogP contribution >= 0.6 is 11.3 Å². The van der Waals surface area contributed by atoms with Crippen molar-refractivity contribution < 1.29 is 14.1 Å². The summed E-state index contributed by atoms with van der Waals surface area (Å²) in [4.78, 5) is 11.3. The van der Waals surface area contributed by atoms with Crippen LogP contribution in [-0.4, -0.2) is 21.5 Å². The van der Waals surface area contributed by atoms with Gasteiger partial charge >= 0.3 is 5.97 Å². The molecule has 5 heteroatoms. The summed E-state index contributed by atoms with van der Waals surface area (Å²) in [6, 6.07) is 3.59. The molecule has 13 heavy (non-hydrogen) atoms. The second-order valence-corrected chi connectivity index (χ2v) is 4.61. The monoisotopic (exact) mass is 216 g/mol. The molecule has 1 aromatic rings. The Morgan fingerprint density at radius 1 is 1.69 bits per heavy atom. The second-order valence-electron chi connectivity index (χ2n) is 2.28. The number of carboxylic acids is 1. The molecule has 0 saturated heterocycles. The lowest BCUT2D eigenvalue weighted by molar-refractivity contribution is -0.131. The summed E-state index contributed by atoms with van der Waals surface area (Å²) in [6.07, 6.45) is 2.79. The second kappa shape index (κ2) is 4.34. The molecule has 0 aliphatic carbocycles. The van der Waals surface area contributed by atoms with E-state index < -0.39 is 16.8 Å². The van der Waals surface area contributed by atoms with Crippen molar-refractivity contribution in [2.24, 2.45) is 0 Å². The molecule has 1 heterocycles. The topological polar surface area (TPSA) is 54.4 Å². The van der Waals surface area contributed by atoms with Gasteiger partial charge in [-0.1, -0.05) is 6.07 Å². The summed E-state index contributed by atoms with van der Waals surface area (Å²) in [5.41, 5.74) is 0. The molecule has 0 saturated carbocycles. The van der Waals surface area contributed by atoms with E-state index in [2.05, 4.69) is 0 Å². The molecule has 0 amide bonds. The highest BCUT2D eigenvalue weighted by Gasteiger charge is 2.11. The third-order valence-corrected chi connectivity index (χ3v) is 3.07. The fourth-order valence-corrected chi connectivity index (χ4v) is 2.04. The normalized spacial score (nSPS) is 14.1. The number of hydrogen-bond donors (Lipinski definition) is 1. The maximum absolute atomic E-state index is 11.0. The first-order valence-corrected chi connectivity index (χ1v) is 5.87. The van der Waals surface area contributed by atoms with Gasteiger partial charge in [-0.25, -0.2) is 4.79 Å². The van der Waals surface area contributed by atoms with Gasteiger partial charge in [-0.05, 0) is 17.5 Å². The van der Waals surface area contributed by atoms with Gasteiger partial charge < -0.3 is 5.11 Å². The van der Waals surface area contributed by atoms with Gasteiger partial charge in [-0.3, -0.25) is 4.21 Å². The van der Waals surface area contributed by atoms with E-state index in [4.69, 9.17) is 5.11 Å². The lowest BCUT2D eigenvalue weighted by Crippen LogP contribution is -2.04. The van der Waals surface area contributed by atoms with E-state index in [1.807, 2.05) is 11.4 Å². The quantitative estimate of drug-likeness (QED) is 0.780. The summed E-state index contributed by atoms with van der Waals surface area (Å²) in [6.45, 7) is 0. The Morgan fingerprint density at radius 3 is 2.77 bits per heavy atom. The third kappa shape index (κ3) is 2.78. The number of aliphatic carboxylic acids is 1. The van der Waals surface area contributed by atoms with Crippen LogP contribution in [0.3, 0.4) is 0 Å². The van der Waals surface area contributed by atoms with Gasteiger partial charge in [0, 0.05) is 11.1 Å². The van der Waals surface area contributed by atoms with Crippen molar-refractivity contribution in [1.29, 1.82) is 0 Å². The van der Waals surface area contributed by atoms with Crippen LogP contribution in [-0.2, 0) is 15.6 Å². The van der Waals surface area contributed by atoms with Gasteiger partial charge in [-0.2, -0.15) is 0 Å². The smallest absolute Gasteiger partial charge is 0.344 e. The lowest BCUT2D eigenvalue weighted by atomic mass is 10.4. The average molecular weight is 216 g/mol. The van der Waals surface area contributed by atoms with Crippen LogP contribution in [0.2, 0.25) is 0 Å². The summed E-state index contributed by atoms with van der Waals surface area (Å²) < 4.78 is 11.0. The van der Waals surface area contributed by atoms with Crippen LogP contribution in [0.1, 0.15) is 4.88 Å². The number of hydrogen-bond acceptors (Lipinski definition) is 3. The highest BCUT2D eigenvalue weighted by Crippen LogP contribution is 2.14. The Bertz CT molecular complexity index is 335. The molecular weight excluding hydrogens is 208 g/mol. The maximum Gasteiger partial charge on any atom is 0.344 e. The molecule has 3 nitrogen and oxygen atoms in total. The fourth-order valence-electron chi connectivity index (χ4n) is 0.770. The van der Waals surface area contributed by atoms with E-state index in [-0.39, 0.29) is 4.91 Å². The average Bonchev–Trinajstić information content (AvgIpc) is 2.50. The Kier molecular flexibility index (Phi) is 3.39. The minimum atomic E-state index is -1.45. The molecule has 0 aliphatic heterocycles. The predicted molar refractivity (Wildman–Crippen MR) is 54.0 cm³/mol. The number of carboxylic acid groups (broad SMARTS) is 1. The molecule has 1 aromatic heterocycles. The number of thiophene rings is 1. The first-order valence-electron chi connectivity index (χ1n) is 3.43. The van der Waals surface area contributed by atoms with Crippen LogP contribution in [0.5, 0.6) is 0 Å². The molecule has 1 rings (SSSR count). The minimum absolute atomic E-state index is 0.0672. The molecular formula is C8H8O3S2. The number of rotatable bonds is 3.